The van der Waals surface area contributed by atoms with E-state index in [1.165, 1.54) is 38.4 Å². The Hall–Kier alpha value is -1.93. The van der Waals surface area contributed by atoms with Gasteiger partial charge in [-0.3, -0.25) is 4.79 Å². The molecule has 0 aliphatic rings. The standard InChI is InChI=1S/C17H26N2O5S/c1-12(2)19(13(3)4)16(20)11-24-17(21)14-7-9-15(10-8-14)25(22,23)18(5)6/h7-10,12-13H,11H2,1-6H3. The summed E-state index contributed by atoms with van der Waals surface area (Å²) in [6.07, 6.45) is 0. The van der Waals surface area contributed by atoms with E-state index >= 15 is 0 Å². The third kappa shape index (κ3) is 5.27. The molecule has 0 N–H and O–H groups in total. The lowest BCUT2D eigenvalue weighted by Gasteiger charge is -2.30. The smallest absolute Gasteiger partial charge is 0.338 e. The van der Waals surface area contributed by atoms with Crippen LogP contribution >= 0.6 is 0 Å². The zero-order chi connectivity index (χ0) is 19.4. The van der Waals surface area contributed by atoms with Crippen molar-refractivity contribution in [3.63, 3.8) is 0 Å². The number of ether oxygens (including phenoxy) is 1. The highest BCUT2D eigenvalue weighted by atomic mass is 32.2. The van der Waals surface area contributed by atoms with Gasteiger partial charge in [0.05, 0.1) is 10.5 Å². The van der Waals surface area contributed by atoms with Crippen LogP contribution in [0.4, 0.5) is 0 Å². The van der Waals surface area contributed by atoms with Gasteiger partial charge in [-0.05, 0) is 52.0 Å². The van der Waals surface area contributed by atoms with Crippen LogP contribution in [-0.4, -0.2) is 62.3 Å². The number of esters is 1. The maximum absolute atomic E-state index is 12.2. The number of benzene rings is 1. The van der Waals surface area contributed by atoms with Gasteiger partial charge in [0.1, 0.15) is 0 Å². The fourth-order valence-corrected chi connectivity index (χ4v) is 3.33. The Morgan fingerprint density at radius 2 is 1.48 bits per heavy atom. The van der Waals surface area contributed by atoms with Gasteiger partial charge >= 0.3 is 5.97 Å². The molecule has 25 heavy (non-hydrogen) atoms. The molecule has 1 rings (SSSR count). The van der Waals surface area contributed by atoms with E-state index in [0.717, 1.165) is 4.31 Å². The molecule has 0 bridgehead atoms. The van der Waals surface area contributed by atoms with Gasteiger partial charge < -0.3 is 9.64 Å². The number of sulfonamides is 1. The van der Waals surface area contributed by atoms with E-state index in [1.54, 1.807) is 4.90 Å². The zero-order valence-corrected chi connectivity index (χ0v) is 16.3. The summed E-state index contributed by atoms with van der Waals surface area (Å²) in [5.41, 5.74) is 0.186. The van der Waals surface area contributed by atoms with Crippen molar-refractivity contribution >= 4 is 21.9 Å². The Morgan fingerprint density at radius 3 is 1.88 bits per heavy atom. The molecule has 7 nitrogen and oxygen atoms in total. The predicted molar refractivity (Wildman–Crippen MR) is 94.7 cm³/mol. The first-order valence-corrected chi connectivity index (χ1v) is 9.43. The minimum absolute atomic E-state index is 0.00160. The summed E-state index contributed by atoms with van der Waals surface area (Å²) in [6.45, 7) is 7.22. The molecule has 0 fully saturated rings. The van der Waals surface area contributed by atoms with Crippen LogP contribution in [0.2, 0.25) is 0 Å². The summed E-state index contributed by atoms with van der Waals surface area (Å²) < 4.78 is 30.1. The van der Waals surface area contributed by atoms with Gasteiger partial charge in [-0.25, -0.2) is 17.5 Å². The minimum Gasteiger partial charge on any atom is -0.452 e. The van der Waals surface area contributed by atoms with Gasteiger partial charge in [-0.2, -0.15) is 0 Å². The molecule has 0 aliphatic heterocycles. The van der Waals surface area contributed by atoms with Crippen LogP contribution in [0, 0.1) is 0 Å². The van der Waals surface area contributed by atoms with E-state index in [2.05, 4.69) is 0 Å². The summed E-state index contributed by atoms with van der Waals surface area (Å²) in [5.74, 6) is -0.945. The van der Waals surface area contributed by atoms with Crippen molar-refractivity contribution in [3.05, 3.63) is 29.8 Å². The summed E-state index contributed by atoms with van der Waals surface area (Å²) in [7, 11) is -0.697. The number of hydrogen-bond donors (Lipinski definition) is 0. The van der Waals surface area contributed by atoms with E-state index in [-0.39, 0.29) is 35.1 Å². The molecular weight excluding hydrogens is 344 g/mol. The van der Waals surface area contributed by atoms with Crippen LogP contribution in [0.3, 0.4) is 0 Å². The van der Waals surface area contributed by atoms with Crippen molar-refractivity contribution in [1.82, 2.24) is 9.21 Å². The minimum atomic E-state index is -3.55. The lowest BCUT2D eigenvalue weighted by Crippen LogP contribution is -2.44. The Morgan fingerprint density at radius 1 is 1.00 bits per heavy atom. The quantitative estimate of drug-likeness (QED) is 0.683. The number of rotatable bonds is 7. The average molecular weight is 370 g/mol. The second-order valence-corrected chi connectivity index (χ2v) is 8.53. The molecule has 8 heteroatoms. The lowest BCUT2D eigenvalue weighted by molar-refractivity contribution is -0.138. The Kier molecular flexibility index (Phi) is 7.13. The summed E-state index contributed by atoms with van der Waals surface area (Å²) in [6, 6.07) is 5.41. The van der Waals surface area contributed by atoms with Gasteiger partial charge in [0.15, 0.2) is 6.61 Å². The van der Waals surface area contributed by atoms with Gasteiger partial charge in [0.25, 0.3) is 5.91 Å². The Balaban J connectivity index is 2.78. The second-order valence-electron chi connectivity index (χ2n) is 6.38. The largest absolute Gasteiger partial charge is 0.452 e. The zero-order valence-electron chi connectivity index (χ0n) is 15.5. The van der Waals surface area contributed by atoms with Gasteiger partial charge in [-0.1, -0.05) is 0 Å². The SMILES string of the molecule is CC(C)N(C(=O)COC(=O)c1ccc(S(=O)(=O)N(C)C)cc1)C(C)C. The van der Waals surface area contributed by atoms with Gasteiger partial charge in [-0.15, -0.1) is 0 Å². The predicted octanol–water partition coefficient (Wildman–Crippen LogP) is 1.74. The molecule has 140 valence electrons. The van der Waals surface area contributed by atoms with Crippen molar-refractivity contribution in [2.75, 3.05) is 20.7 Å². The van der Waals surface area contributed by atoms with Crippen LogP contribution in [0.5, 0.6) is 0 Å². The number of carbonyl (C=O) groups excluding carboxylic acids is 2. The molecule has 0 unspecified atom stereocenters. The fraction of sp³-hybridized carbons (Fsp3) is 0.529. The molecule has 0 aliphatic carbocycles. The number of nitrogens with zero attached hydrogens (tertiary/aromatic N) is 2. The molecule has 0 radical (unpaired) electrons. The lowest BCUT2D eigenvalue weighted by atomic mass is 10.2. The first-order chi connectivity index (χ1) is 11.5. The van der Waals surface area contributed by atoms with E-state index in [9.17, 15) is 18.0 Å². The van der Waals surface area contributed by atoms with Gasteiger partial charge in [0.2, 0.25) is 10.0 Å². The molecule has 0 aromatic heterocycles. The van der Waals surface area contributed by atoms with E-state index in [4.69, 9.17) is 4.74 Å². The third-order valence-electron chi connectivity index (χ3n) is 3.60. The topological polar surface area (TPSA) is 84.0 Å². The molecule has 1 amide bonds. The summed E-state index contributed by atoms with van der Waals surface area (Å²) in [4.78, 5) is 26.0. The highest BCUT2D eigenvalue weighted by molar-refractivity contribution is 7.89. The molecule has 0 heterocycles. The molecule has 1 aromatic rings. The maximum atomic E-state index is 12.2. The Bertz CT molecular complexity index is 701. The van der Waals surface area contributed by atoms with Crippen LogP contribution in [0.25, 0.3) is 0 Å². The first-order valence-electron chi connectivity index (χ1n) is 7.99. The maximum Gasteiger partial charge on any atom is 0.338 e. The second kappa shape index (κ2) is 8.44. The molecule has 0 saturated heterocycles. The van der Waals surface area contributed by atoms with Crippen LogP contribution in [0.15, 0.2) is 29.2 Å². The first kappa shape index (κ1) is 21.1. The normalized spacial score (nSPS) is 11.9. The highest BCUT2D eigenvalue weighted by Gasteiger charge is 2.22. The van der Waals surface area contributed by atoms with E-state index < -0.39 is 16.0 Å². The third-order valence-corrected chi connectivity index (χ3v) is 5.43. The molecule has 0 saturated carbocycles. The van der Waals surface area contributed by atoms with Crippen molar-refractivity contribution in [2.45, 2.75) is 44.7 Å². The summed E-state index contributed by atoms with van der Waals surface area (Å²) >= 11 is 0. The van der Waals surface area contributed by atoms with Crippen molar-refractivity contribution < 1.29 is 22.7 Å². The monoisotopic (exact) mass is 370 g/mol. The van der Waals surface area contributed by atoms with Crippen LogP contribution in [-0.2, 0) is 19.6 Å². The molecule has 0 spiro atoms. The Labute approximate surface area is 149 Å². The van der Waals surface area contributed by atoms with Crippen molar-refractivity contribution in [2.24, 2.45) is 0 Å². The van der Waals surface area contributed by atoms with Crippen LogP contribution in [0.1, 0.15) is 38.1 Å². The molecule has 1 aromatic carbocycles. The summed E-state index contributed by atoms with van der Waals surface area (Å²) in [5, 5.41) is 0. The highest BCUT2D eigenvalue weighted by Crippen LogP contribution is 2.15. The van der Waals surface area contributed by atoms with Crippen LogP contribution < -0.4 is 0 Å². The molecule has 0 atom stereocenters. The van der Waals surface area contributed by atoms with Crippen molar-refractivity contribution in [1.29, 1.82) is 0 Å². The van der Waals surface area contributed by atoms with Crippen molar-refractivity contribution in [3.8, 4) is 0 Å². The van der Waals surface area contributed by atoms with Gasteiger partial charge in [0, 0.05) is 26.2 Å². The number of carbonyl (C=O) groups is 2. The average Bonchev–Trinajstić information content (AvgIpc) is 2.51. The van der Waals surface area contributed by atoms with E-state index in [1.807, 2.05) is 27.7 Å². The van der Waals surface area contributed by atoms with E-state index in [0.29, 0.717) is 0 Å². The fourth-order valence-electron chi connectivity index (χ4n) is 2.43. The number of amides is 1. The number of hydrogen-bond acceptors (Lipinski definition) is 5. The molecular formula is C17H26N2O5S.